The van der Waals surface area contributed by atoms with Crippen LogP contribution in [0.4, 0.5) is 8.78 Å². The lowest BCUT2D eigenvalue weighted by molar-refractivity contribution is -0.158. The van der Waals surface area contributed by atoms with Gasteiger partial charge in [-0.2, -0.15) is 13.5 Å². The van der Waals surface area contributed by atoms with Crippen LogP contribution in [0, 0.1) is 5.92 Å². The Labute approximate surface area is 112 Å². The maximum absolute atomic E-state index is 12.3. The molecule has 0 radical (unpaired) electrons. The van der Waals surface area contributed by atoms with Crippen LogP contribution >= 0.6 is 0 Å². The van der Waals surface area contributed by atoms with Crippen molar-refractivity contribution >= 4 is 16.0 Å². The highest BCUT2D eigenvalue weighted by Crippen LogP contribution is 2.16. The summed E-state index contributed by atoms with van der Waals surface area (Å²) < 4.78 is 53.8. The first-order valence-corrected chi connectivity index (χ1v) is 7.47. The first kappa shape index (κ1) is 18.2. The van der Waals surface area contributed by atoms with Crippen LogP contribution < -0.4 is 4.72 Å². The van der Waals surface area contributed by atoms with Crippen LogP contribution in [0.15, 0.2) is 0 Å². The number of nitrogens with one attached hydrogen (secondary N) is 1. The van der Waals surface area contributed by atoms with Crippen LogP contribution in [-0.4, -0.2) is 31.8 Å². The molecule has 0 amide bonds. The number of rotatable bonds is 6. The van der Waals surface area contributed by atoms with Crippen molar-refractivity contribution in [2.24, 2.45) is 5.92 Å². The molecule has 0 aromatic rings. The number of alkyl halides is 2. The molecule has 0 fully saturated rings. The van der Waals surface area contributed by atoms with Gasteiger partial charge in [0.1, 0.15) is 11.6 Å². The van der Waals surface area contributed by atoms with Crippen LogP contribution in [0.5, 0.6) is 0 Å². The molecule has 19 heavy (non-hydrogen) atoms. The van der Waals surface area contributed by atoms with Gasteiger partial charge >= 0.3 is 11.7 Å². The lowest BCUT2D eigenvalue weighted by Crippen LogP contribution is -2.49. The molecule has 0 spiro atoms. The SMILES string of the molecule is CC[C@H](C)[C@H](NS(=O)(=O)C(F)F)C(=O)OC(C)(C)C. The molecule has 2 atom stereocenters. The zero-order chi connectivity index (χ0) is 15.4. The van der Waals surface area contributed by atoms with Crippen LogP contribution in [-0.2, 0) is 19.6 Å². The third-order valence-electron chi connectivity index (χ3n) is 2.40. The van der Waals surface area contributed by atoms with Crippen molar-refractivity contribution in [1.29, 1.82) is 0 Å². The van der Waals surface area contributed by atoms with Gasteiger partial charge in [0, 0.05) is 0 Å². The standard InChI is InChI=1S/C11H21F2NO4S/c1-6-7(2)8(9(15)18-11(3,4)5)14-19(16,17)10(12)13/h7-8,10,14H,6H2,1-5H3/t7-,8-/m0/s1. The predicted molar refractivity (Wildman–Crippen MR) is 67.1 cm³/mol. The fraction of sp³-hybridized carbons (Fsp3) is 0.909. The third kappa shape index (κ3) is 6.29. The highest BCUT2D eigenvalue weighted by Gasteiger charge is 2.35. The minimum absolute atomic E-state index is 0.440. The van der Waals surface area contributed by atoms with E-state index in [1.165, 1.54) is 0 Å². The Kier molecular flexibility index (Phi) is 6.34. The lowest BCUT2D eigenvalue weighted by Gasteiger charge is -2.27. The van der Waals surface area contributed by atoms with Crippen LogP contribution in [0.1, 0.15) is 41.0 Å². The number of carbonyl (C=O) groups excluding carboxylic acids is 1. The summed E-state index contributed by atoms with van der Waals surface area (Å²) in [5, 5.41) is 0. The minimum Gasteiger partial charge on any atom is -0.459 e. The average molecular weight is 301 g/mol. The normalized spacial score (nSPS) is 16.2. The summed E-state index contributed by atoms with van der Waals surface area (Å²) in [6.45, 7) is 8.14. The Morgan fingerprint density at radius 1 is 1.32 bits per heavy atom. The van der Waals surface area contributed by atoms with E-state index in [-0.39, 0.29) is 0 Å². The molecule has 0 aliphatic heterocycles. The van der Waals surface area contributed by atoms with Gasteiger partial charge in [-0.25, -0.2) is 8.42 Å². The Bertz CT molecular complexity index is 403. The Morgan fingerprint density at radius 2 is 1.79 bits per heavy atom. The molecule has 1 N–H and O–H groups in total. The van der Waals surface area contributed by atoms with Gasteiger partial charge in [0.2, 0.25) is 0 Å². The topological polar surface area (TPSA) is 72.5 Å². The third-order valence-corrected chi connectivity index (χ3v) is 3.45. The average Bonchev–Trinajstić information content (AvgIpc) is 2.22. The summed E-state index contributed by atoms with van der Waals surface area (Å²) in [6.07, 6.45) is 0.440. The van der Waals surface area contributed by atoms with Crippen molar-refractivity contribution in [2.75, 3.05) is 0 Å². The number of esters is 1. The molecule has 0 aliphatic rings. The number of halogens is 2. The van der Waals surface area contributed by atoms with Gasteiger partial charge < -0.3 is 4.74 Å². The molecule has 5 nitrogen and oxygen atoms in total. The van der Waals surface area contributed by atoms with Gasteiger partial charge in [0.05, 0.1) is 0 Å². The lowest BCUT2D eigenvalue weighted by atomic mass is 10.00. The number of carbonyl (C=O) groups is 1. The van der Waals surface area contributed by atoms with Crippen molar-refractivity contribution in [3.8, 4) is 0 Å². The quantitative estimate of drug-likeness (QED) is 0.760. The Morgan fingerprint density at radius 3 is 2.11 bits per heavy atom. The molecule has 0 aromatic carbocycles. The summed E-state index contributed by atoms with van der Waals surface area (Å²) in [5.41, 5.74) is -0.820. The van der Waals surface area contributed by atoms with Gasteiger partial charge in [-0.15, -0.1) is 0 Å². The predicted octanol–water partition coefficient (Wildman–Crippen LogP) is 1.88. The van der Waals surface area contributed by atoms with Crippen molar-refractivity contribution in [2.45, 2.75) is 58.4 Å². The monoisotopic (exact) mass is 301 g/mol. The molecule has 0 saturated carbocycles. The number of ether oxygens (including phenoxy) is 1. The largest absolute Gasteiger partial charge is 0.459 e. The van der Waals surface area contributed by atoms with Crippen molar-refractivity contribution in [1.82, 2.24) is 4.72 Å². The van der Waals surface area contributed by atoms with E-state index in [1.807, 2.05) is 0 Å². The number of sulfonamides is 1. The zero-order valence-corrected chi connectivity index (χ0v) is 12.6. The summed E-state index contributed by atoms with van der Waals surface area (Å²) >= 11 is 0. The van der Waals surface area contributed by atoms with E-state index in [0.717, 1.165) is 0 Å². The molecule has 0 heterocycles. The summed E-state index contributed by atoms with van der Waals surface area (Å²) in [4.78, 5) is 11.9. The maximum atomic E-state index is 12.3. The Hall–Kier alpha value is -0.760. The van der Waals surface area contributed by atoms with Crippen LogP contribution in [0.25, 0.3) is 0 Å². The van der Waals surface area contributed by atoms with E-state index in [0.29, 0.717) is 6.42 Å². The summed E-state index contributed by atoms with van der Waals surface area (Å²) in [7, 11) is -4.84. The summed E-state index contributed by atoms with van der Waals surface area (Å²) in [5.74, 6) is -4.89. The Balaban J connectivity index is 5.09. The van der Waals surface area contributed by atoms with Crippen molar-refractivity contribution < 1.29 is 26.7 Å². The van der Waals surface area contributed by atoms with Gasteiger partial charge in [0.25, 0.3) is 10.0 Å². The first-order chi connectivity index (χ1) is 8.40. The van der Waals surface area contributed by atoms with Crippen LogP contribution in [0.3, 0.4) is 0 Å². The highest BCUT2D eigenvalue weighted by atomic mass is 32.2. The highest BCUT2D eigenvalue weighted by molar-refractivity contribution is 7.89. The molecule has 0 aromatic heterocycles. The second-order valence-electron chi connectivity index (χ2n) is 5.32. The fourth-order valence-electron chi connectivity index (χ4n) is 1.23. The number of hydrogen-bond donors (Lipinski definition) is 1. The molecule has 8 heteroatoms. The molecule has 0 unspecified atom stereocenters. The molecule has 114 valence electrons. The molecule has 0 aliphatic carbocycles. The fourth-order valence-corrected chi connectivity index (χ4v) is 2.01. The number of hydrogen-bond acceptors (Lipinski definition) is 4. The van der Waals surface area contributed by atoms with E-state index in [4.69, 9.17) is 4.74 Å². The molecule has 0 bridgehead atoms. The van der Waals surface area contributed by atoms with E-state index >= 15 is 0 Å². The maximum Gasteiger partial charge on any atom is 0.350 e. The van der Waals surface area contributed by atoms with Gasteiger partial charge in [0.15, 0.2) is 0 Å². The molecule has 0 rings (SSSR count). The van der Waals surface area contributed by atoms with Gasteiger partial charge in [-0.1, -0.05) is 20.3 Å². The van der Waals surface area contributed by atoms with E-state index in [9.17, 15) is 22.0 Å². The molecular weight excluding hydrogens is 280 g/mol. The zero-order valence-electron chi connectivity index (χ0n) is 11.7. The smallest absolute Gasteiger partial charge is 0.350 e. The van der Waals surface area contributed by atoms with Crippen molar-refractivity contribution in [3.63, 3.8) is 0 Å². The van der Waals surface area contributed by atoms with Crippen LogP contribution in [0.2, 0.25) is 0 Å². The van der Waals surface area contributed by atoms with E-state index < -0.39 is 39.3 Å². The second kappa shape index (κ2) is 6.60. The van der Waals surface area contributed by atoms with E-state index in [2.05, 4.69) is 0 Å². The van der Waals surface area contributed by atoms with E-state index in [1.54, 1.807) is 39.3 Å². The molecular formula is C11H21F2NO4S. The molecule has 0 saturated heterocycles. The van der Waals surface area contributed by atoms with Gasteiger partial charge in [-0.3, -0.25) is 4.79 Å². The van der Waals surface area contributed by atoms with Gasteiger partial charge in [-0.05, 0) is 26.7 Å². The first-order valence-electron chi connectivity index (χ1n) is 5.93. The van der Waals surface area contributed by atoms with Crippen molar-refractivity contribution in [3.05, 3.63) is 0 Å². The summed E-state index contributed by atoms with van der Waals surface area (Å²) in [6, 6.07) is -1.32. The minimum atomic E-state index is -4.84. The second-order valence-corrected chi connectivity index (χ2v) is 7.00.